The van der Waals surface area contributed by atoms with Gasteiger partial charge >= 0.3 is 0 Å². The number of benzene rings is 1. The molecule has 17 heavy (non-hydrogen) atoms. The van der Waals surface area contributed by atoms with Crippen molar-refractivity contribution in [2.75, 3.05) is 6.54 Å². The summed E-state index contributed by atoms with van der Waals surface area (Å²) < 4.78 is 0. The monoisotopic (exact) mass is 236 g/mol. The predicted molar refractivity (Wildman–Crippen MR) is 67.9 cm³/mol. The number of hydrogen-bond donors (Lipinski definition) is 3. The van der Waals surface area contributed by atoms with Crippen LogP contribution in [0.5, 0.6) is 5.75 Å². The summed E-state index contributed by atoms with van der Waals surface area (Å²) in [5.74, 6) is -0.00299. The summed E-state index contributed by atoms with van der Waals surface area (Å²) in [4.78, 5) is 12.0. The van der Waals surface area contributed by atoms with Gasteiger partial charge in [0.25, 0.3) is 5.91 Å². The predicted octanol–water partition coefficient (Wildman–Crippen LogP) is 1.64. The molecule has 94 valence electrons. The molecular formula is C13H20N2O2. The molecule has 0 aliphatic rings. The Balaban J connectivity index is 2.81. The van der Waals surface area contributed by atoms with Crippen molar-refractivity contribution in [2.45, 2.75) is 32.2 Å². The summed E-state index contributed by atoms with van der Waals surface area (Å²) in [6, 6.07) is 6.18. The van der Waals surface area contributed by atoms with Gasteiger partial charge in [-0.05, 0) is 37.1 Å². The number of nitrogens with one attached hydrogen (secondary N) is 1. The average Bonchev–Trinajstić information content (AvgIpc) is 2.37. The van der Waals surface area contributed by atoms with Crippen molar-refractivity contribution in [1.82, 2.24) is 5.32 Å². The highest BCUT2D eigenvalue weighted by Crippen LogP contribution is 2.15. The zero-order valence-corrected chi connectivity index (χ0v) is 10.4. The Morgan fingerprint density at radius 2 is 1.82 bits per heavy atom. The van der Waals surface area contributed by atoms with E-state index in [0.717, 1.165) is 12.8 Å². The molecule has 0 unspecified atom stereocenters. The van der Waals surface area contributed by atoms with Gasteiger partial charge in [0.1, 0.15) is 5.75 Å². The van der Waals surface area contributed by atoms with Gasteiger partial charge in [0.05, 0.1) is 5.54 Å². The van der Waals surface area contributed by atoms with E-state index < -0.39 is 0 Å². The van der Waals surface area contributed by atoms with E-state index in [1.54, 1.807) is 12.1 Å². The fourth-order valence-corrected chi connectivity index (χ4v) is 1.69. The van der Waals surface area contributed by atoms with Crippen LogP contribution in [0.25, 0.3) is 0 Å². The third kappa shape index (κ3) is 3.20. The Morgan fingerprint density at radius 3 is 2.24 bits per heavy atom. The van der Waals surface area contributed by atoms with Crippen molar-refractivity contribution in [1.29, 1.82) is 0 Å². The van der Waals surface area contributed by atoms with Crippen LogP contribution in [-0.4, -0.2) is 23.1 Å². The van der Waals surface area contributed by atoms with E-state index in [1.807, 2.05) is 13.8 Å². The lowest BCUT2D eigenvalue weighted by Crippen LogP contribution is -2.52. The number of aromatic hydroxyl groups is 1. The minimum absolute atomic E-state index is 0.151. The number of carbonyl (C=O) groups is 1. The number of amides is 1. The smallest absolute Gasteiger partial charge is 0.251 e. The molecule has 1 amide bonds. The number of carbonyl (C=O) groups excluding carboxylic acids is 1. The molecular weight excluding hydrogens is 216 g/mol. The van der Waals surface area contributed by atoms with Crippen LogP contribution in [0, 0.1) is 0 Å². The maximum absolute atomic E-state index is 12.0. The van der Waals surface area contributed by atoms with E-state index in [2.05, 4.69) is 5.32 Å². The van der Waals surface area contributed by atoms with E-state index >= 15 is 0 Å². The maximum Gasteiger partial charge on any atom is 0.251 e. The van der Waals surface area contributed by atoms with Crippen molar-refractivity contribution in [3.05, 3.63) is 29.8 Å². The molecule has 0 saturated carbocycles. The Morgan fingerprint density at radius 1 is 1.29 bits per heavy atom. The van der Waals surface area contributed by atoms with Gasteiger partial charge in [-0.15, -0.1) is 0 Å². The van der Waals surface area contributed by atoms with E-state index in [-0.39, 0.29) is 17.2 Å². The molecule has 0 heterocycles. The second-order valence-electron chi connectivity index (χ2n) is 4.19. The molecule has 0 fully saturated rings. The molecule has 1 rings (SSSR count). The first-order valence-electron chi connectivity index (χ1n) is 5.88. The topological polar surface area (TPSA) is 75.3 Å². The largest absolute Gasteiger partial charge is 0.508 e. The highest BCUT2D eigenvalue weighted by molar-refractivity contribution is 5.94. The summed E-state index contributed by atoms with van der Waals surface area (Å²) in [5, 5.41) is 12.1. The minimum atomic E-state index is -0.338. The number of phenols is 1. The zero-order valence-electron chi connectivity index (χ0n) is 10.4. The highest BCUT2D eigenvalue weighted by Gasteiger charge is 2.26. The highest BCUT2D eigenvalue weighted by atomic mass is 16.3. The Hall–Kier alpha value is -1.55. The van der Waals surface area contributed by atoms with E-state index in [0.29, 0.717) is 12.1 Å². The quantitative estimate of drug-likeness (QED) is 0.727. The summed E-state index contributed by atoms with van der Waals surface area (Å²) in [6.45, 7) is 4.44. The van der Waals surface area contributed by atoms with Gasteiger partial charge < -0.3 is 16.2 Å². The fourth-order valence-electron chi connectivity index (χ4n) is 1.69. The first-order chi connectivity index (χ1) is 8.06. The van der Waals surface area contributed by atoms with Crippen LogP contribution < -0.4 is 11.1 Å². The van der Waals surface area contributed by atoms with Gasteiger partial charge in [-0.3, -0.25) is 4.79 Å². The van der Waals surface area contributed by atoms with Gasteiger partial charge in [-0.2, -0.15) is 0 Å². The minimum Gasteiger partial charge on any atom is -0.508 e. The molecule has 4 nitrogen and oxygen atoms in total. The molecule has 0 saturated heterocycles. The van der Waals surface area contributed by atoms with Crippen molar-refractivity contribution < 1.29 is 9.90 Å². The van der Waals surface area contributed by atoms with Gasteiger partial charge in [0.15, 0.2) is 0 Å². The van der Waals surface area contributed by atoms with Gasteiger partial charge in [-0.25, -0.2) is 0 Å². The molecule has 0 aliphatic carbocycles. The fraction of sp³-hybridized carbons (Fsp3) is 0.462. The third-order valence-electron chi connectivity index (χ3n) is 3.25. The number of phenolic OH excluding ortho intramolecular Hbond substituents is 1. The maximum atomic E-state index is 12.0. The Labute approximate surface area is 102 Å². The molecule has 0 radical (unpaired) electrons. The number of rotatable bonds is 5. The molecule has 4 heteroatoms. The SMILES string of the molecule is CCC(CC)(CN)NC(=O)c1ccc(O)cc1. The van der Waals surface area contributed by atoms with Crippen LogP contribution in [0.15, 0.2) is 24.3 Å². The Bertz CT molecular complexity index is 361. The van der Waals surface area contributed by atoms with Crippen molar-refractivity contribution >= 4 is 5.91 Å². The van der Waals surface area contributed by atoms with Crippen molar-refractivity contribution in [3.8, 4) is 5.75 Å². The third-order valence-corrected chi connectivity index (χ3v) is 3.25. The molecule has 0 bridgehead atoms. The summed E-state index contributed by atoms with van der Waals surface area (Å²) >= 11 is 0. The van der Waals surface area contributed by atoms with Crippen LogP contribution in [0.2, 0.25) is 0 Å². The van der Waals surface area contributed by atoms with Crippen LogP contribution in [0.1, 0.15) is 37.0 Å². The normalized spacial score (nSPS) is 11.2. The first kappa shape index (κ1) is 13.5. The number of nitrogens with two attached hydrogens (primary N) is 1. The molecule has 0 aromatic heterocycles. The second kappa shape index (κ2) is 5.68. The zero-order chi connectivity index (χ0) is 12.9. The second-order valence-corrected chi connectivity index (χ2v) is 4.19. The Kier molecular flexibility index (Phi) is 4.52. The van der Waals surface area contributed by atoms with E-state index in [4.69, 9.17) is 10.8 Å². The van der Waals surface area contributed by atoms with E-state index in [9.17, 15) is 4.79 Å². The lowest BCUT2D eigenvalue weighted by molar-refractivity contribution is 0.0895. The summed E-state index contributed by atoms with van der Waals surface area (Å²) in [6.07, 6.45) is 1.59. The molecule has 0 atom stereocenters. The molecule has 4 N–H and O–H groups in total. The summed E-state index contributed by atoms with van der Waals surface area (Å²) in [5.41, 5.74) is 5.92. The van der Waals surface area contributed by atoms with Crippen molar-refractivity contribution in [3.63, 3.8) is 0 Å². The molecule has 0 aliphatic heterocycles. The standard InChI is InChI=1S/C13H20N2O2/c1-3-13(4-2,9-14)15-12(17)10-5-7-11(16)8-6-10/h5-8,16H,3-4,9,14H2,1-2H3,(H,15,17). The lowest BCUT2D eigenvalue weighted by Gasteiger charge is -2.31. The van der Waals surface area contributed by atoms with Gasteiger partial charge in [-0.1, -0.05) is 13.8 Å². The van der Waals surface area contributed by atoms with Crippen LogP contribution in [0.3, 0.4) is 0 Å². The first-order valence-corrected chi connectivity index (χ1v) is 5.88. The summed E-state index contributed by atoms with van der Waals surface area (Å²) in [7, 11) is 0. The van der Waals surface area contributed by atoms with Crippen LogP contribution in [0.4, 0.5) is 0 Å². The molecule has 1 aromatic carbocycles. The lowest BCUT2D eigenvalue weighted by atomic mass is 9.92. The van der Waals surface area contributed by atoms with Crippen LogP contribution in [-0.2, 0) is 0 Å². The van der Waals surface area contributed by atoms with Gasteiger partial charge in [0.2, 0.25) is 0 Å². The molecule has 1 aromatic rings. The van der Waals surface area contributed by atoms with Crippen LogP contribution >= 0.6 is 0 Å². The average molecular weight is 236 g/mol. The molecule has 0 spiro atoms. The van der Waals surface area contributed by atoms with Gasteiger partial charge in [0, 0.05) is 12.1 Å². The van der Waals surface area contributed by atoms with Crippen molar-refractivity contribution in [2.24, 2.45) is 5.73 Å². The van der Waals surface area contributed by atoms with E-state index in [1.165, 1.54) is 12.1 Å². The number of hydrogen-bond acceptors (Lipinski definition) is 3.